The summed E-state index contributed by atoms with van der Waals surface area (Å²) < 4.78 is 23.6. The van der Waals surface area contributed by atoms with Crippen LogP contribution in [0.4, 0.5) is 5.69 Å². The van der Waals surface area contributed by atoms with E-state index in [1.54, 1.807) is 6.92 Å². The third-order valence-corrected chi connectivity index (χ3v) is 4.69. The number of nitrogens with one attached hydrogen (secondary N) is 1. The highest BCUT2D eigenvalue weighted by Gasteiger charge is 2.06. The van der Waals surface area contributed by atoms with E-state index in [4.69, 9.17) is 0 Å². The van der Waals surface area contributed by atoms with Crippen molar-refractivity contribution in [2.75, 3.05) is 23.4 Å². The van der Waals surface area contributed by atoms with Gasteiger partial charge in [-0.25, -0.2) is 8.42 Å². The van der Waals surface area contributed by atoms with Gasteiger partial charge >= 0.3 is 0 Å². The zero-order valence-corrected chi connectivity index (χ0v) is 12.6. The Labute approximate surface area is 112 Å². The molecule has 0 saturated carbocycles. The van der Waals surface area contributed by atoms with Crippen LogP contribution in [0.25, 0.3) is 0 Å². The number of anilines is 1. The number of aryl methyl sites for hydroxylation is 1. The van der Waals surface area contributed by atoms with Crippen molar-refractivity contribution < 1.29 is 8.42 Å². The minimum atomic E-state index is -2.84. The molecular formula is C12H18BrNO2S. The van der Waals surface area contributed by atoms with E-state index in [1.165, 1.54) is 5.56 Å². The van der Waals surface area contributed by atoms with Gasteiger partial charge in [-0.15, -0.1) is 0 Å². The van der Waals surface area contributed by atoms with Gasteiger partial charge in [0.1, 0.15) is 9.84 Å². The summed E-state index contributed by atoms with van der Waals surface area (Å²) in [5.41, 5.74) is 2.19. The Bertz CT molecular complexity index is 451. The van der Waals surface area contributed by atoms with Gasteiger partial charge in [-0.2, -0.15) is 0 Å². The van der Waals surface area contributed by atoms with Crippen molar-refractivity contribution in [3.05, 3.63) is 28.2 Å². The summed E-state index contributed by atoms with van der Waals surface area (Å²) in [6.45, 7) is 4.38. The average molecular weight is 320 g/mol. The summed E-state index contributed by atoms with van der Waals surface area (Å²) >= 11 is 3.43. The Kier molecular flexibility index (Phi) is 5.46. The second kappa shape index (κ2) is 6.40. The second-order valence-corrected chi connectivity index (χ2v) is 7.42. The molecule has 1 aromatic carbocycles. The van der Waals surface area contributed by atoms with Gasteiger partial charge in [-0.05, 0) is 37.1 Å². The van der Waals surface area contributed by atoms with E-state index in [1.807, 2.05) is 25.1 Å². The lowest BCUT2D eigenvalue weighted by atomic mass is 10.2. The average Bonchev–Trinajstić information content (AvgIpc) is 2.23. The monoisotopic (exact) mass is 319 g/mol. The molecule has 5 heteroatoms. The van der Waals surface area contributed by atoms with Crippen LogP contribution in [0.3, 0.4) is 0 Å². The standard InChI is InChI=1S/C12H18BrNO2S/c1-3-17(15,16)6-4-5-14-12-8-10(2)7-11(13)9-12/h7-9,14H,3-6H2,1-2H3. The molecule has 0 saturated heterocycles. The molecule has 0 amide bonds. The summed E-state index contributed by atoms with van der Waals surface area (Å²) in [5, 5.41) is 3.23. The minimum absolute atomic E-state index is 0.225. The summed E-state index contributed by atoms with van der Waals surface area (Å²) in [6, 6.07) is 6.06. The van der Waals surface area contributed by atoms with Crippen LogP contribution in [0.1, 0.15) is 18.9 Å². The zero-order chi connectivity index (χ0) is 12.9. The van der Waals surface area contributed by atoms with Gasteiger partial charge in [-0.1, -0.05) is 22.9 Å². The molecule has 0 aliphatic rings. The maximum Gasteiger partial charge on any atom is 0.150 e. The zero-order valence-electron chi connectivity index (χ0n) is 10.2. The van der Waals surface area contributed by atoms with E-state index in [2.05, 4.69) is 21.2 Å². The third-order valence-electron chi connectivity index (χ3n) is 2.44. The van der Waals surface area contributed by atoms with E-state index in [-0.39, 0.29) is 11.5 Å². The second-order valence-electron chi connectivity index (χ2n) is 4.03. The molecule has 0 heterocycles. The highest BCUT2D eigenvalue weighted by atomic mass is 79.9. The Hall–Kier alpha value is -0.550. The molecule has 1 rings (SSSR count). The Morgan fingerprint density at radius 3 is 2.59 bits per heavy atom. The summed E-state index contributed by atoms with van der Waals surface area (Å²) in [7, 11) is -2.84. The molecule has 0 bridgehead atoms. The van der Waals surface area contributed by atoms with E-state index in [9.17, 15) is 8.42 Å². The van der Waals surface area contributed by atoms with Crippen molar-refractivity contribution in [3.63, 3.8) is 0 Å². The summed E-state index contributed by atoms with van der Waals surface area (Å²) in [4.78, 5) is 0. The van der Waals surface area contributed by atoms with Crippen LogP contribution in [-0.2, 0) is 9.84 Å². The highest BCUT2D eigenvalue weighted by Crippen LogP contribution is 2.18. The molecule has 0 spiro atoms. The number of hydrogen-bond acceptors (Lipinski definition) is 3. The molecule has 0 unspecified atom stereocenters. The van der Waals surface area contributed by atoms with Crippen LogP contribution < -0.4 is 5.32 Å². The van der Waals surface area contributed by atoms with Crippen molar-refractivity contribution >= 4 is 31.5 Å². The van der Waals surface area contributed by atoms with Gasteiger partial charge in [0.2, 0.25) is 0 Å². The van der Waals surface area contributed by atoms with Gasteiger partial charge in [0, 0.05) is 22.5 Å². The van der Waals surface area contributed by atoms with Crippen molar-refractivity contribution in [2.45, 2.75) is 20.3 Å². The molecule has 96 valence electrons. The van der Waals surface area contributed by atoms with E-state index in [0.717, 1.165) is 10.2 Å². The van der Waals surface area contributed by atoms with Crippen molar-refractivity contribution in [2.24, 2.45) is 0 Å². The van der Waals surface area contributed by atoms with Crippen molar-refractivity contribution in [3.8, 4) is 0 Å². The van der Waals surface area contributed by atoms with Gasteiger partial charge in [0.25, 0.3) is 0 Å². The molecule has 0 radical (unpaired) electrons. The molecule has 3 nitrogen and oxygen atoms in total. The van der Waals surface area contributed by atoms with Crippen LogP contribution in [0.5, 0.6) is 0 Å². The fourth-order valence-electron chi connectivity index (χ4n) is 1.51. The van der Waals surface area contributed by atoms with Gasteiger partial charge in [0.15, 0.2) is 0 Å². The Morgan fingerprint density at radius 1 is 1.29 bits per heavy atom. The van der Waals surface area contributed by atoms with Crippen molar-refractivity contribution in [1.82, 2.24) is 0 Å². The van der Waals surface area contributed by atoms with E-state index < -0.39 is 9.84 Å². The maximum atomic E-state index is 11.3. The highest BCUT2D eigenvalue weighted by molar-refractivity contribution is 9.10. The normalized spacial score (nSPS) is 11.5. The molecule has 0 aromatic heterocycles. The molecule has 17 heavy (non-hydrogen) atoms. The maximum absolute atomic E-state index is 11.3. The first-order chi connectivity index (χ1) is 7.93. The fraction of sp³-hybridized carbons (Fsp3) is 0.500. The van der Waals surface area contributed by atoms with Crippen LogP contribution in [0.2, 0.25) is 0 Å². The molecule has 0 aliphatic carbocycles. The Morgan fingerprint density at radius 2 is 2.00 bits per heavy atom. The number of sulfone groups is 1. The molecular weight excluding hydrogens is 302 g/mol. The molecule has 1 N–H and O–H groups in total. The van der Waals surface area contributed by atoms with E-state index in [0.29, 0.717) is 13.0 Å². The number of hydrogen-bond donors (Lipinski definition) is 1. The smallest absolute Gasteiger partial charge is 0.150 e. The third kappa shape index (κ3) is 5.55. The summed E-state index contributed by atoms with van der Waals surface area (Å²) in [5.74, 6) is 0.479. The topological polar surface area (TPSA) is 46.2 Å². The first kappa shape index (κ1) is 14.5. The van der Waals surface area contributed by atoms with Gasteiger partial charge in [-0.3, -0.25) is 0 Å². The fourth-order valence-corrected chi connectivity index (χ4v) is 2.99. The van der Waals surface area contributed by atoms with Crippen molar-refractivity contribution in [1.29, 1.82) is 0 Å². The number of rotatable bonds is 6. The first-order valence-electron chi connectivity index (χ1n) is 5.64. The minimum Gasteiger partial charge on any atom is -0.385 e. The lowest BCUT2D eigenvalue weighted by molar-refractivity contribution is 0.595. The van der Waals surface area contributed by atoms with E-state index >= 15 is 0 Å². The predicted octanol–water partition coefficient (Wildman–Crippen LogP) is 2.99. The summed E-state index contributed by atoms with van der Waals surface area (Å²) in [6.07, 6.45) is 0.641. The van der Waals surface area contributed by atoms with Crippen LogP contribution in [0, 0.1) is 6.92 Å². The molecule has 1 aromatic rings. The Balaban J connectivity index is 2.41. The molecule has 0 fully saturated rings. The number of benzene rings is 1. The lowest BCUT2D eigenvalue weighted by Crippen LogP contribution is -2.12. The molecule has 0 aliphatic heterocycles. The number of halogens is 1. The van der Waals surface area contributed by atoms with Gasteiger partial charge < -0.3 is 5.32 Å². The van der Waals surface area contributed by atoms with Gasteiger partial charge in [0.05, 0.1) is 5.75 Å². The molecule has 0 atom stereocenters. The first-order valence-corrected chi connectivity index (χ1v) is 8.26. The SMILES string of the molecule is CCS(=O)(=O)CCCNc1cc(C)cc(Br)c1. The van der Waals surface area contributed by atoms with Crippen LogP contribution in [0.15, 0.2) is 22.7 Å². The lowest BCUT2D eigenvalue weighted by Gasteiger charge is -2.08. The van der Waals surface area contributed by atoms with Crippen LogP contribution >= 0.6 is 15.9 Å². The quantitative estimate of drug-likeness (QED) is 0.820. The largest absolute Gasteiger partial charge is 0.385 e. The van der Waals surface area contributed by atoms with Crippen LogP contribution in [-0.4, -0.2) is 26.5 Å². The predicted molar refractivity (Wildman–Crippen MR) is 76.3 cm³/mol.